The van der Waals surface area contributed by atoms with Gasteiger partial charge in [-0.3, -0.25) is 0 Å². The van der Waals surface area contributed by atoms with Crippen LogP contribution in [0.2, 0.25) is 5.02 Å². The summed E-state index contributed by atoms with van der Waals surface area (Å²) >= 11 is 5.36. The van der Waals surface area contributed by atoms with E-state index < -0.39 is 26.1 Å². The molecule has 1 aromatic rings. The molecule has 2 N–H and O–H groups in total. The zero-order valence-electron chi connectivity index (χ0n) is 6.92. The molecule has 4 nitrogen and oxygen atoms in total. The Morgan fingerprint density at radius 3 is 2.33 bits per heavy atom. The molecule has 0 saturated carbocycles. The van der Waals surface area contributed by atoms with Crippen LogP contribution in [0.15, 0.2) is 17.3 Å². The number of pyridine rings is 1. The maximum absolute atomic E-state index is 12.1. The van der Waals surface area contributed by atoms with Gasteiger partial charge in [-0.15, -0.1) is 0 Å². The van der Waals surface area contributed by atoms with E-state index in [1.807, 2.05) is 0 Å². The highest BCUT2D eigenvalue weighted by Gasteiger charge is 2.48. The van der Waals surface area contributed by atoms with E-state index >= 15 is 0 Å². The van der Waals surface area contributed by atoms with Gasteiger partial charge in [-0.2, -0.15) is 13.2 Å². The number of rotatable bonds is 1. The number of hydrogen-bond acceptors (Lipinski definition) is 4. The van der Waals surface area contributed by atoms with Crippen LogP contribution in [0.25, 0.3) is 0 Å². The quantitative estimate of drug-likeness (QED) is 0.833. The molecule has 0 aliphatic carbocycles. The number of sulfone groups is 1. The van der Waals surface area contributed by atoms with Gasteiger partial charge in [-0.25, -0.2) is 13.4 Å². The Labute approximate surface area is 87.8 Å². The minimum absolute atomic E-state index is 0.0476. The molecule has 0 unspecified atom stereocenters. The van der Waals surface area contributed by atoms with Crippen molar-refractivity contribution in [3.8, 4) is 0 Å². The molecule has 0 atom stereocenters. The molecule has 9 heteroatoms. The minimum atomic E-state index is -5.52. The van der Waals surface area contributed by atoms with Gasteiger partial charge in [-0.05, 0) is 6.07 Å². The highest BCUT2D eigenvalue weighted by molar-refractivity contribution is 7.92. The van der Waals surface area contributed by atoms with Crippen LogP contribution in [-0.2, 0) is 9.84 Å². The summed E-state index contributed by atoms with van der Waals surface area (Å²) in [4.78, 5) is 3.05. The summed E-state index contributed by atoms with van der Waals surface area (Å²) in [5.74, 6) is 0. The van der Waals surface area contributed by atoms with E-state index in [1.165, 1.54) is 0 Å². The topological polar surface area (TPSA) is 73.0 Å². The Morgan fingerprint density at radius 1 is 1.40 bits per heavy atom. The third kappa shape index (κ3) is 2.15. The fraction of sp³-hybridized carbons (Fsp3) is 0.167. The van der Waals surface area contributed by atoms with Crippen LogP contribution >= 0.6 is 11.6 Å². The lowest BCUT2D eigenvalue weighted by Gasteiger charge is -2.08. The van der Waals surface area contributed by atoms with Crippen molar-refractivity contribution in [1.29, 1.82) is 0 Å². The fourth-order valence-electron chi connectivity index (χ4n) is 0.777. The molecule has 15 heavy (non-hydrogen) atoms. The molecule has 0 aliphatic heterocycles. The van der Waals surface area contributed by atoms with Crippen LogP contribution in [0, 0.1) is 0 Å². The summed E-state index contributed by atoms with van der Waals surface area (Å²) in [6.45, 7) is 0. The van der Waals surface area contributed by atoms with E-state index in [-0.39, 0.29) is 5.02 Å². The molecule has 0 spiro atoms. The van der Waals surface area contributed by atoms with Crippen LogP contribution in [0.5, 0.6) is 0 Å². The van der Waals surface area contributed by atoms with E-state index in [0.717, 1.165) is 12.3 Å². The lowest BCUT2D eigenvalue weighted by atomic mass is 10.4. The molecular formula is C6H4ClF3N2O2S. The number of alkyl halides is 3. The smallest absolute Gasteiger partial charge is 0.396 e. The van der Waals surface area contributed by atoms with E-state index in [0.29, 0.717) is 0 Å². The van der Waals surface area contributed by atoms with Crippen LogP contribution in [0.4, 0.5) is 18.9 Å². The summed E-state index contributed by atoms with van der Waals surface area (Å²) in [7, 11) is -5.52. The monoisotopic (exact) mass is 260 g/mol. The first-order valence-corrected chi connectivity index (χ1v) is 5.25. The first kappa shape index (κ1) is 12.1. The van der Waals surface area contributed by atoms with Crippen molar-refractivity contribution in [2.45, 2.75) is 10.5 Å². The van der Waals surface area contributed by atoms with Crippen molar-refractivity contribution < 1.29 is 21.6 Å². The summed E-state index contributed by atoms with van der Waals surface area (Å²) in [6, 6.07) is 0.882. The molecule has 0 aliphatic rings. The predicted molar refractivity (Wildman–Crippen MR) is 46.9 cm³/mol. The zero-order valence-corrected chi connectivity index (χ0v) is 8.49. The van der Waals surface area contributed by atoms with Gasteiger partial charge in [0.05, 0.1) is 10.7 Å². The molecule has 0 fully saturated rings. The average Bonchev–Trinajstić information content (AvgIpc) is 2.00. The second-order valence-corrected chi connectivity index (χ2v) is 4.79. The molecule has 1 aromatic heterocycles. The number of hydrogen-bond donors (Lipinski definition) is 1. The summed E-state index contributed by atoms with van der Waals surface area (Å²) in [5, 5.41) is -1.28. The number of aromatic nitrogens is 1. The van der Waals surface area contributed by atoms with Crippen LogP contribution in [0.1, 0.15) is 0 Å². The Balaban J connectivity index is 3.42. The van der Waals surface area contributed by atoms with Gasteiger partial charge in [0.1, 0.15) is 0 Å². The number of nitrogens with two attached hydrogens (primary N) is 1. The lowest BCUT2D eigenvalue weighted by molar-refractivity contribution is -0.0437. The second kappa shape index (κ2) is 3.53. The van der Waals surface area contributed by atoms with Crippen molar-refractivity contribution >= 4 is 27.1 Å². The summed E-state index contributed by atoms with van der Waals surface area (Å²) in [5.41, 5.74) is -0.990. The summed E-state index contributed by atoms with van der Waals surface area (Å²) < 4.78 is 58.0. The van der Waals surface area contributed by atoms with Gasteiger partial charge < -0.3 is 5.73 Å². The molecule has 1 rings (SSSR count). The maximum atomic E-state index is 12.1. The van der Waals surface area contributed by atoms with Gasteiger partial charge in [0, 0.05) is 6.20 Å². The highest BCUT2D eigenvalue weighted by Crippen LogP contribution is 2.32. The normalized spacial score (nSPS) is 12.8. The highest BCUT2D eigenvalue weighted by atomic mass is 35.5. The van der Waals surface area contributed by atoms with Crippen molar-refractivity contribution in [2.75, 3.05) is 5.73 Å². The predicted octanol–water partition coefficient (Wildman–Crippen LogP) is 1.61. The summed E-state index contributed by atoms with van der Waals surface area (Å²) in [6.07, 6.45) is 0.774. The first-order valence-electron chi connectivity index (χ1n) is 3.38. The SMILES string of the molecule is Nc1cc(Cl)cnc1S(=O)(=O)C(F)(F)F. The molecular weight excluding hydrogens is 257 g/mol. The van der Waals surface area contributed by atoms with E-state index in [1.54, 1.807) is 0 Å². The van der Waals surface area contributed by atoms with Crippen LogP contribution in [0.3, 0.4) is 0 Å². The number of nitrogen functional groups attached to an aromatic ring is 1. The first-order chi connectivity index (χ1) is 6.66. The van der Waals surface area contributed by atoms with Crippen LogP contribution < -0.4 is 5.73 Å². The molecule has 0 radical (unpaired) electrons. The van der Waals surface area contributed by atoms with Crippen molar-refractivity contribution in [3.05, 3.63) is 17.3 Å². The van der Waals surface area contributed by atoms with Gasteiger partial charge in [0.2, 0.25) is 0 Å². The molecule has 84 valence electrons. The Morgan fingerprint density at radius 2 is 1.93 bits per heavy atom. The van der Waals surface area contributed by atoms with E-state index in [2.05, 4.69) is 4.98 Å². The Kier molecular flexibility index (Phi) is 2.83. The molecule has 0 amide bonds. The van der Waals surface area contributed by atoms with E-state index in [4.69, 9.17) is 17.3 Å². The van der Waals surface area contributed by atoms with Gasteiger partial charge in [-0.1, -0.05) is 11.6 Å². The molecule has 0 saturated heterocycles. The van der Waals surface area contributed by atoms with Crippen molar-refractivity contribution in [1.82, 2.24) is 4.98 Å². The van der Waals surface area contributed by atoms with Crippen LogP contribution in [-0.4, -0.2) is 18.9 Å². The third-order valence-corrected chi connectivity index (χ3v) is 3.07. The van der Waals surface area contributed by atoms with Crippen molar-refractivity contribution in [3.63, 3.8) is 0 Å². The van der Waals surface area contributed by atoms with Gasteiger partial charge in [0.15, 0.2) is 5.03 Å². The molecule has 0 aromatic carbocycles. The second-order valence-electron chi connectivity index (χ2n) is 2.50. The lowest BCUT2D eigenvalue weighted by Crippen LogP contribution is -2.25. The van der Waals surface area contributed by atoms with Gasteiger partial charge in [0.25, 0.3) is 9.84 Å². The molecule has 0 bridgehead atoms. The number of halogens is 4. The molecule has 1 heterocycles. The van der Waals surface area contributed by atoms with Crippen molar-refractivity contribution in [2.24, 2.45) is 0 Å². The van der Waals surface area contributed by atoms with E-state index in [9.17, 15) is 21.6 Å². The number of nitrogens with zero attached hydrogens (tertiary/aromatic N) is 1. The Hall–Kier alpha value is -1.02. The average molecular weight is 261 g/mol. The van der Waals surface area contributed by atoms with Gasteiger partial charge >= 0.3 is 5.51 Å². The third-order valence-electron chi connectivity index (χ3n) is 1.40. The fourth-order valence-corrected chi connectivity index (χ4v) is 1.72. The standard InChI is InChI=1S/C6H4ClF3N2O2S/c7-3-1-4(11)5(12-2-3)15(13,14)6(8,9)10/h1-2H,11H2. The maximum Gasteiger partial charge on any atom is 0.503 e. The Bertz CT molecular complexity index is 486. The number of anilines is 1. The minimum Gasteiger partial charge on any atom is -0.396 e. The largest absolute Gasteiger partial charge is 0.503 e. The zero-order chi connectivity index (χ0) is 11.9.